The van der Waals surface area contributed by atoms with Gasteiger partial charge in [-0.3, -0.25) is 14.8 Å². The number of hydrogen-bond donors (Lipinski definition) is 7. The van der Waals surface area contributed by atoms with Crippen LogP contribution in [0.3, 0.4) is 0 Å². The topological polar surface area (TPSA) is 225 Å². The lowest BCUT2D eigenvalue weighted by Gasteiger charge is -2.31. The second-order valence-electron chi connectivity index (χ2n) is 12.2. The number of amides is 1. The van der Waals surface area contributed by atoms with Gasteiger partial charge in [-0.2, -0.15) is 5.10 Å². The quantitative estimate of drug-likeness (QED) is 0.140. The van der Waals surface area contributed by atoms with Crippen molar-refractivity contribution in [3.8, 4) is 28.4 Å². The molecule has 7 rings (SSSR count). The van der Waals surface area contributed by atoms with E-state index in [1.54, 1.807) is 6.07 Å². The minimum Gasteiger partial charge on any atom is -0.505 e. The average molecular weight is 685 g/mol. The number of aromatic hydroxyl groups is 1. The van der Waals surface area contributed by atoms with Gasteiger partial charge in [0.25, 0.3) is 0 Å². The average Bonchev–Trinajstić information content (AvgIpc) is 3.88. The standard InChI is InChI=1S/C28H28F2N6O3.C4H6O6/c1-2-14-7-24(37)19(29)9-18(14)15-5-20(30)26-22(6-15)33-34-27(26)28-31-21-3-4-35(11-23(21)32-28)25(38)12-36-10-17-8-16(36)13-39-17;5-1(3(7)8)2(6)4(9)10/h5-7,9,16-17,37H,2-4,8,10-13H2,1H3,(H,31,32)(H,33,34);1-2,5-6H,(H,7,8)(H,9,10)/t16-,17-;/m0./s1. The number of aromatic amines is 2. The van der Waals surface area contributed by atoms with E-state index in [0.29, 0.717) is 78.9 Å². The van der Waals surface area contributed by atoms with Crippen molar-refractivity contribution in [1.29, 1.82) is 0 Å². The van der Waals surface area contributed by atoms with Crippen molar-refractivity contribution < 1.29 is 53.4 Å². The van der Waals surface area contributed by atoms with Crippen LogP contribution in [-0.4, -0.2) is 124 Å². The molecule has 5 heterocycles. The number of H-pyrrole nitrogens is 2. The first kappa shape index (κ1) is 33.9. The summed E-state index contributed by atoms with van der Waals surface area (Å²) in [5.74, 6) is -4.73. The van der Waals surface area contributed by atoms with E-state index in [9.17, 15) is 23.9 Å². The largest absolute Gasteiger partial charge is 0.505 e. The minimum atomic E-state index is -2.27. The summed E-state index contributed by atoms with van der Waals surface area (Å²) in [7, 11) is 0. The fourth-order valence-corrected chi connectivity index (χ4v) is 6.43. The van der Waals surface area contributed by atoms with Crippen molar-refractivity contribution in [2.75, 3.05) is 26.2 Å². The molecule has 0 saturated carbocycles. The zero-order valence-corrected chi connectivity index (χ0v) is 26.2. The Kier molecular flexibility index (Phi) is 9.35. The third-order valence-corrected chi connectivity index (χ3v) is 9.05. The Labute approximate surface area is 276 Å². The number of aliphatic hydroxyl groups is 2. The van der Waals surface area contributed by atoms with Gasteiger partial charge in [-0.15, -0.1) is 0 Å². The molecule has 0 aliphatic carbocycles. The van der Waals surface area contributed by atoms with Crippen molar-refractivity contribution in [3.05, 3.63) is 52.9 Å². The molecule has 4 aromatic rings. The van der Waals surface area contributed by atoms with Crippen molar-refractivity contribution in [3.63, 3.8) is 0 Å². The normalized spacial score (nSPS) is 19.7. The lowest BCUT2D eigenvalue weighted by atomic mass is 9.96. The van der Waals surface area contributed by atoms with Gasteiger partial charge in [-0.25, -0.2) is 23.4 Å². The van der Waals surface area contributed by atoms with E-state index in [4.69, 9.17) is 30.1 Å². The number of imidazole rings is 1. The van der Waals surface area contributed by atoms with Gasteiger partial charge in [-0.05, 0) is 53.8 Å². The summed E-state index contributed by atoms with van der Waals surface area (Å²) in [6.07, 6.45) is -2.11. The number of carboxylic acid groups (broad SMARTS) is 2. The molecule has 7 N–H and O–H groups in total. The number of rotatable bonds is 8. The monoisotopic (exact) mass is 684 g/mol. The summed E-state index contributed by atoms with van der Waals surface area (Å²) in [6.45, 7) is 4.77. The predicted molar refractivity (Wildman–Crippen MR) is 166 cm³/mol. The van der Waals surface area contributed by atoms with Gasteiger partial charge in [0, 0.05) is 31.2 Å². The second-order valence-corrected chi connectivity index (χ2v) is 12.2. The third-order valence-electron chi connectivity index (χ3n) is 9.05. The van der Waals surface area contributed by atoms with Crippen LogP contribution >= 0.6 is 0 Å². The first-order valence-electron chi connectivity index (χ1n) is 15.6. The summed E-state index contributed by atoms with van der Waals surface area (Å²) >= 11 is 0. The fraction of sp³-hybridized carbons (Fsp3) is 0.406. The van der Waals surface area contributed by atoms with E-state index in [2.05, 4.69) is 20.1 Å². The van der Waals surface area contributed by atoms with Crippen molar-refractivity contribution in [2.45, 2.75) is 57.1 Å². The number of phenolic OH excluding ortho intramolecular Hbond substituents is 1. The highest BCUT2D eigenvalue weighted by atomic mass is 19.1. The lowest BCUT2D eigenvalue weighted by Crippen LogP contribution is -2.46. The molecule has 2 saturated heterocycles. The first-order valence-corrected chi connectivity index (χ1v) is 15.6. The number of likely N-dealkylation sites (tertiary alicyclic amines) is 1. The Morgan fingerprint density at radius 2 is 1.82 bits per heavy atom. The highest BCUT2D eigenvalue weighted by molar-refractivity contribution is 5.95. The number of aliphatic carboxylic acids is 2. The molecule has 2 aromatic carbocycles. The summed E-state index contributed by atoms with van der Waals surface area (Å²) in [6, 6.07) is 6.00. The Morgan fingerprint density at radius 3 is 2.45 bits per heavy atom. The van der Waals surface area contributed by atoms with Crippen LogP contribution in [0.2, 0.25) is 0 Å². The number of phenols is 1. The van der Waals surface area contributed by atoms with E-state index in [1.807, 2.05) is 11.8 Å². The van der Waals surface area contributed by atoms with Crippen LogP contribution < -0.4 is 0 Å². The molecule has 2 aromatic heterocycles. The molecule has 0 radical (unpaired) electrons. The maximum absolute atomic E-state index is 15.5. The number of hydrogen-bond acceptors (Lipinski definition) is 10. The van der Waals surface area contributed by atoms with E-state index < -0.39 is 41.5 Å². The summed E-state index contributed by atoms with van der Waals surface area (Å²) in [5.41, 5.74) is 4.18. The maximum Gasteiger partial charge on any atom is 0.335 e. The molecule has 15 nitrogen and oxygen atoms in total. The summed E-state index contributed by atoms with van der Waals surface area (Å²) in [4.78, 5) is 44.6. The smallest absolute Gasteiger partial charge is 0.335 e. The van der Waals surface area contributed by atoms with Gasteiger partial charge in [0.15, 0.2) is 29.6 Å². The molecule has 1 amide bonds. The van der Waals surface area contributed by atoms with Gasteiger partial charge in [0.2, 0.25) is 5.91 Å². The molecule has 2 bridgehead atoms. The highest BCUT2D eigenvalue weighted by Crippen LogP contribution is 2.36. The maximum atomic E-state index is 15.5. The molecule has 260 valence electrons. The third kappa shape index (κ3) is 6.69. The van der Waals surface area contributed by atoms with Gasteiger partial charge >= 0.3 is 11.9 Å². The molecule has 3 aliphatic rings. The number of ether oxygens (including phenoxy) is 1. The number of morpholine rings is 1. The van der Waals surface area contributed by atoms with Gasteiger partial charge in [0.05, 0.1) is 42.4 Å². The van der Waals surface area contributed by atoms with E-state index in [0.717, 1.165) is 24.4 Å². The van der Waals surface area contributed by atoms with Crippen LogP contribution in [0.25, 0.3) is 33.5 Å². The first-order chi connectivity index (χ1) is 23.3. The van der Waals surface area contributed by atoms with Gasteiger partial charge in [-0.1, -0.05) is 6.92 Å². The molecule has 49 heavy (non-hydrogen) atoms. The second kappa shape index (κ2) is 13.5. The van der Waals surface area contributed by atoms with Crippen molar-refractivity contribution in [1.82, 2.24) is 30.0 Å². The molecule has 3 aliphatic heterocycles. The molecular weight excluding hydrogens is 650 g/mol. The number of carboxylic acids is 2. The molecule has 17 heteroatoms. The number of halogens is 2. The summed E-state index contributed by atoms with van der Waals surface area (Å²) < 4.78 is 35.3. The number of benzene rings is 2. The van der Waals surface area contributed by atoms with Gasteiger partial charge in [0.1, 0.15) is 11.5 Å². The Bertz CT molecular complexity index is 1910. The minimum absolute atomic E-state index is 0.0821. The number of nitrogens with zero attached hydrogens (tertiary/aromatic N) is 4. The number of aryl methyl sites for hydroxylation is 1. The fourth-order valence-electron chi connectivity index (χ4n) is 6.43. The number of carbonyl (C=O) groups is 3. The molecule has 2 fully saturated rings. The van der Waals surface area contributed by atoms with E-state index in [1.165, 1.54) is 18.2 Å². The Morgan fingerprint density at radius 1 is 1.08 bits per heavy atom. The number of nitrogens with one attached hydrogen (secondary N) is 2. The van der Waals surface area contributed by atoms with E-state index >= 15 is 4.39 Å². The van der Waals surface area contributed by atoms with Crippen molar-refractivity contribution in [2.24, 2.45) is 0 Å². The predicted octanol–water partition coefficient (Wildman–Crippen LogP) is 1.40. The molecule has 2 unspecified atom stereocenters. The molecule has 0 spiro atoms. The van der Waals surface area contributed by atoms with Crippen LogP contribution in [0.1, 0.15) is 30.3 Å². The number of aliphatic hydroxyl groups excluding tert-OH is 2. The van der Waals surface area contributed by atoms with Crippen molar-refractivity contribution >= 4 is 28.7 Å². The summed E-state index contributed by atoms with van der Waals surface area (Å²) in [5, 5.41) is 49.8. The van der Waals surface area contributed by atoms with Crippen LogP contribution in [0, 0.1) is 11.6 Å². The number of aromatic nitrogens is 4. The van der Waals surface area contributed by atoms with Crippen LogP contribution in [0.15, 0.2) is 24.3 Å². The Balaban J connectivity index is 0.000000365. The Hall–Kier alpha value is -4.97. The van der Waals surface area contributed by atoms with Gasteiger partial charge < -0.3 is 40.2 Å². The van der Waals surface area contributed by atoms with Crippen LogP contribution in [-0.2, 0) is 38.5 Å². The molecular formula is C32H34F2N6O9. The van der Waals surface area contributed by atoms with E-state index in [-0.39, 0.29) is 17.4 Å². The number of carbonyl (C=O) groups excluding carboxylic acids is 1. The molecule has 4 atom stereocenters. The zero-order valence-electron chi connectivity index (χ0n) is 26.2. The van der Waals surface area contributed by atoms with Crippen LogP contribution in [0.5, 0.6) is 5.75 Å². The number of fused-ring (bicyclic) bond motifs is 4. The lowest BCUT2D eigenvalue weighted by molar-refractivity contribution is -0.165. The SMILES string of the molecule is CCc1cc(O)c(F)cc1-c1cc(F)c2c(-c3nc4c([nH]3)CCN(C(=O)CN3C[C@@H]5C[C@H]3CO5)C4)n[nH]c2c1.O=C(O)C(O)C(O)C(=O)O. The zero-order chi connectivity index (χ0) is 35.1. The van der Waals surface area contributed by atoms with Crippen LogP contribution in [0.4, 0.5) is 8.78 Å². The highest BCUT2D eigenvalue weighted by Gasteiger charge is 2.40.